The van der Waals surface area contributed by atoms with Gasteiger partial charge in [0.05, 0.1) is 4.90 Å². The molecule has 0 bridgehead atoms. The summed E-state index contributed by atoms with van der Waals surface area (Å²) in [5.41, 5.74) is 0.540. The Bertz CT molecular complexity index is 874. The van der Waals surface area contributed by atoms with Gasteiger partial charge >= 0.3 is 0 Å². The van der Waals surface area contributed by atoms with Crippen molar-refractivity contribution in [2.75, 3.05) is 45.1 Å². The van der Waals surface area contributed by atoms with E-state index < -0.39 is 16.1 Å². The van der Waals surface area contributed by atoms with Crippen molar-refractivity contribution in [2.24, 2.45) is 5.92 Å². The summed E-state index contributed by atoms with van der Waals surface area (Å²) in [6.07, 6.45) is 3.35. The highest BCUT2D eigenvalue weighted by atomic mass is 32.2. The molecular formula is C20H28N4O4S. The molecule has 0 radical (unpaired) electrons. The molecule has 3 aliphatic rings. The monoisotopic (exact) mass is 420 g/mol. The summed E-state index contributed by atoms with van der Waals surface area (Å²) in [6, 6.07) is 5.86. The molecule has 2 amide bonds. The minimum absolute atomic E-state index is 0.0938. The van der Waals surface area contributed by atoms with Gasteiger partial charge in [-0.1, -0.05) is 0 Å². The van der Waals surface area contributed by atoms with Gasteiger partial charge in [0.1, 0.15) is 6.04 Å². The van der Waals surface area contributed by atoms with Gasteiger partial charge in [0.2, 0.25) is 21.8 Å². The fraction of sp³-hybridized carbons (Fsp3) is 0.600. The Labute approximate surface area is 171 Å². The zero-order chi connectivity index (χ0) is 20.6. The summed E-state index contributed by atoms with van der Waals surface area (Å²) >= 11 is 0. The van der Waals surface area contributed by atoms with Crippen LogP contribution in [-0.2, 0) is 19.6 Å². The molecular weight excluding hydrogens is 392 g/mol. The Morgan fingerprint density at radius 2 is 1.62 bits per heavy atom. The third-order valence-corrected chi connectivity index (χ3v) is 7.90. The van der Waals surface area contributed by atoms with E-state index in [4.69, 9.17) is 0 Å². The first kappa shape index (κ1) is 20.3. The van der Waals surface area contributed by atoms with Crippen LogP contribution < -0.4 is 5.32 Å². The Morgan fingerprint density at radius 3 is 2.24 bits per heavy atom. The number of nitrogens with zero attached hydrogens (tertiary/aromatic N) is 3. The summed E-state index contributed by atoms with van der Waals surface area (Å²) in [5, 5.41) is 2.84. The van der Waals surface area contributed by atoms with Crippen molar-refractivity contribution >= 4 is 27.5 Å². The molecule has 2 heterocycles. The molecule has 29 heavy (non-hydrogen) atoms. The summed E-state index contributed by atoms with van der Waals surface area (Å²) < 4.78 is 27.1. The van der Waals surface area contributed by atoms with Crippen LogP contribution >= 0.6 is 0 Å². The van der Waals surface area contributed by atoms with Gasteiger partial charge in [0.15, 0.2) is 0 Å². The summed E-state index contributed by atoms with van der Waals surface area (Å²) in [6.45, 7) is 3.01. The third kappa shape index (κ3) is 4.31. The molecule has 1 aliphatic carbocycles. The van der Waals surface area contributed by atoms with Gasteiger partial charge in [-0.05, 0) is 57.0 Å². The zero-order valence-corrected chi connectivity index (χ0v) is 17.5. The number of hydrogen-bond acceptors (Lipinski definition) is 5. The van der Waals surface area contributed by atoms with Gasteiger partial charge in [-0.2, -0.15) is 4.31 Å². The van der Waals surface area contributed by atoms with E-state index in [0.717, 1.165) is 19.3 Å². The van der Waals surface area contributed by atoms with Gasteiger partial charge in [-0.3, -0.25) is 9.59 Å². The second-order valence-electron chi connectivity index (χ2n) is 8.18. The van der Waals surface area contributed by atoms with Gasteiger partial charge in [0.25, 0.3) is 0 Å². The first-order valence-electron chi connectivity index (χ1n) is 10.3. The van der Waals surface area contributed by atoms with Crippen LogP contribution in [0.3, 0.4) is 0 Å². The highest BCUT2D eigenvalue weighted by molar-refractivity contribution is 7.89. The van der Waals surface area contributed by atoms with Crippen LogP contribution in [0.5, 0.6) is 0 Å². The third-order valence-electron chi connectivity index (χ3n) is 5.99. The van der Waals surface area contributed by atoms with Crippen molar-refractivity contribution in [3.8, 4) is 0 Å². The van der Waals surface area contributed by atoms with E-state index in [1.807, 2.05) is 7.05 Å². The van der Waals surface area contributed by atoms with Gasteiger partial charge < -0.3 is 15.1 Å². The number of rotatable bonds is 5. The van der Waals surface area contributed by atoms with Crippen LogP contribution in [0.15, 0.2) is 29.2 Å². The number of sulfonamides is 1. The number of hydrogen-bond donors (Lipinski definition) is 1. The number of nitrogens with one attached hydrogen (secondary N) is 1. The second kappa shape index (κ2) is 8.04. The number of anilines is 1. The van der Waals surface area contributed by atoms with Crippen molar-refractivity contribution < 1.29 is 18.0 Å². The van der Waals surface area contributed by atoms with Crippen molar-refractivity contribution in [3.05, 3.63) is 24.3 Å². The molecule has 3 fully saturated rings. The highest BCUT2D eigenvalue weighted by Crippen LogP contribution is 2.34. The van der Waals surface area contributed by atoms with Crippen LogP contribution in [0, 0.1) is 5.92 Å². The average Bonchev–Trinajstić information content (AvgIpc) is 3.44. The number of carbonyl (C=O) groups is 2. The Hall–Kier alpha value is -1.97. The van der Waals surface area contributed by atoms with Crippen LogP contribution in [-0.4, -0.2) is 80.2 Å². The molecule has 2 aliphatic heterocycles. The maximum atomic E-state index is 12.8. The second-order valence-corrected chi connectivity index (χ2v) is 10.1. The molecule has 158 valence electrons. The molecule has 1 atom stereocenters. The average molecular weight is 421 g/mol. The molecule has 1 saturated carbocycles. The minimum atomic E-state index is -3.53. The van der Waals surface area contributed by atoms with Gasteiger partial charge in [-0.15, -0.1) is 0 Å². The topological polar surface area (TPSA) is 90.0 Å². The zero-order valence-electron chi connectivity index (χ0n) is 16.7. The Balaban J connectivity index is 1.40. The molecule has 8 nitrogen and oxygen atoms in total. The lowest BCUT2D eigenvalue weighted by Gasteiger charge is -2.31. The van der Waals surface area contributed by atoms with E-state index in [1.54, 1.807) is 17.0 Å². The lowest BCUT2D eigenvalue weighted by atomic mass is 10.2. The van der Waals surface area contributed by atoms with E-state index in [9.17, 15) is 18.0 Å². The van der Waals surface area contributed by atoms with Crippen molar-refractivity contribution in [1.29, 1.82) is 0 Å². The number of carbonyl (C=O) groups excluding carboxylic acids is 2. The van der Waals surface area contributed by atoms with E-state index in [-0.39, 0.29) is 22.6 Å². The SMILES string of the molecule is CN1CCN(S(=O)(=O)c2ccc(NC(=O)C3CCCN3C(=O)C3CC3)cc2)CC1. The smallest absolute Gasteiger partial charge is 0.247 e. The first-order chi connectivity index (χ1) is 13.9. The van der Waals surface area contributed by atoms with Crippen LogP contribution in [0.2, 0.25) is 0 Å². The molecule has 1 N–H and O–H groups in total. The number of piperazine rings is 1. The largest absolute Gasteiger partial charge is 0.330 e. The van der Waals surface area contributed by atoms with E-state index in [2.05, 4.69) is 10.2 Å². The molecule has 1 unspecified atom stereocenters. The van der Waals surface area contributed by atoms with Gasteiger partial charge in [0, 0.05) is 44.3 Å². The molecule has 4 rings (SSSR count). The molecule has 1 aromatic rings. The quantitative estimate of drug-likeness (QED) is 0.766. The van der Waals surface area contributed by atoms with Crippen molar-refractivity contribution in [1.82, 2.24) is 14.1 Å². The van der Waals surface area contributed by atoms with Crippen LogP contribution in [0.25, 0.3) is 0 Å². The van der Waals surface area contributed by atoms with Gasteiger partial charge in [-0.25, -0.2) is 8.42 Å². The predicted molar refractivity (Wildman–Crippen MR) is 109 cm³/mol. The van der Waals surface area contributed by atoms with E-state index in [0.29, 0.717) is 44.8 Å². The highest BCUT2D eigenvalue weighted by Gasteiger charge is 2.40. The molecule has 0 spiro atoms. The standard InChI is InChI=1S/C20H28N4O4S/c1-22-11-13-23(14-12-22)29(27,28)17-8-6-16(7-9-17)21-19(25)18-3-2-10-24(18)20(26)15-4-5-15/h6-9,15,18H,2-5,10-14H2,1H3,(H,21,25). The summed E-state index contributed by atoms with van der Waals surface area (Å²) in [7, 11) is -1.55. The lowest BCUT2D eigenvalue weighted by molar-refractivity contribution is -0.137. The first-order valence-corrected chi connectivity index (χ1v) is 11.7. The number of likely N-dealkylation sites (N-methyl/N-ethyl adjacent to an activating group) is 1. The number of likely N-dealkylation sites (tertiary alicyclic amines) is 1. The van der Waals surface area contributed by atoms with Crippen molar-refractivity contribution in [2.45, 2.75) is 36.6 Å². The molecule has 0 aromatic heterocycles. The Morgan fingerprint density at radius 1 is 0.966 bits per heavy atom. The van der Waals surface area contributed by atoms with Crippen LogP contribution in [0.1, 0.15) is 25.7 Å². The molecule has 9 heteroatoms. The lowest BCUT2D eigenvalue weighted by Crippen LogP contribution is -2.47. The number of amides is 2. The summed E-state index contributed by atoms with van der Waals surface area (Å²) in [4.78, 5) is 29.1. The summed E-state index contributed by atoms with van der Waals surface area (Å²) in [5.74, 6) is -0.00934. The minimum Gasteiger partial charge on any atom is -0.330 e. The molecule has 1 aromatic carbocycles. The normalized spacial score (nSPS) is 23.9. The maximum absolute atomic E-state index is 12.8. The maximum Gasteiger partial charge on any atom is 0.247 e. The van der Waals surface area contributed by atoms with E-state index in [1.165, 1.54) is 16.4 Å². The van der Waals surface area contributed by atoms with E-state index >= 15 is 0 Å². The van der Waals surface area contributed by atoms with Crippen molar-refractivity contribution in [3.63, 3.8) is 0 Å². The predicted octanol–water partition coefficient (Wildman–Crippen LogP) is 0.962. The Kier molecular flexibility index (Phi) is 5.63. The molecule has 2 saturated heterocycles. The fourth-order valence-electron chi connectivity index (χ4n) is 3.98. The number of benzene rings is 1. The van der Waals surface area contributed by atoms with Crippen LogP contribution in [0.4, 0.5) is 5.69 Å². The fourth-order valence-corrected chi connectivity index (χ4v) is 5.40.